The number of nitrogens with zero attached hydrogens (tertiary/aromatic N) is 2. The molecule has 0 unspecified atom stereocenters. The van der Waals surface area contributed by atoms with Gasteiger partial charge in [0.15, 0.2) is 0 Å². The Bertz CT molecular complexity index is 808. The first-order valence-corrected chi connectivity index (χ1v) is 9.34. The summed E-state index contributed by atoms with van der Waals surface area (Å²) in [5, 5.41) is 14.8. The van der Waals surface area contributed by atoms with Gasteiger partial charge in [-0.1, -0.05) is 36.4 Å². The third-order valence-corrected chi connectivity index (χ3v) is 5.68. The van der Waals surface area contributed by atoms with Crippen molar-refractivity contribution in [3.05, 3.63) is 64.4 Å². The van der Waals surface area contributed by atoms with Gasteiger partial charge in [0.05, 0.1) is 0 Å². The average molecular weight is 338 g/mol. The number of hydrogen-bond donors (Lipinski definition) is 1. The van der Waals surface area contributed by atoms with Gasteiger partial charge in [0.1, 0.15) is 5.75 Å². The average Bonchev–Trinajstić information content (AvgIpc) is 3.12. The van der Waals surface area contributed by atoms with Gasteiger partial charge in [0.2, 0.25) is 0 Å². The molecule has 0 bridgehead atoms. The van der Waals surface area contributed by atoms with E-state index in [-0.39, 0.29) is 0 Å². The van der Waals surface area contributed by atoms with Crippen molar-refractivity contribution in [3.8, 4) is 5.75 Å². The summed E-state index contributed by atoms with van der Waals surface area (Å²) in [6.45, 7) is 6.15. The van der Waals surface area contributed by atoms with Gasteiger partial charge in [-0.05, 0) is 28.3 Å². The summed E-state index contributed by atoms with van der Waals surface area (Å²) >= 11 is 1.84. The quantitative estimate of drug-likeness (QED) is 0.781. The third kappa shape index (κ3) is 3.31. The molecule has 1 fully saturated rings. The Morgan fingerprint density at radius 2 is 1.58 bits per heavy atom. The molecule has 124 valence electrons. The van der Waals surface area contributed by atoms with Crippen LogP contribution in [0.3, 0.4) is 0 Å². The molecule has 1 N–H and O–H groups in total. The highest BCUT2D eigenvalue weighted by molar-refractivity contribution is 7.09. The molecule has 1 aromatic heterocycles. The van der Waals surface area contributed by atoms with E-state index in [9.17, 15) is 5.11 Å². The maximum Gasteiger partial charge on any atom is 0.120 e. The summed E-state index contributed by atoms with van der Waals surface area (Å²) in [6, 6.07) is 16.5. The van der Waals surface area contributed by atoms with Gasteiger partial charge >= 0.3 is 0 Å². The van der Waals surface area contributed by atoms with Crippen molar-refractivity contribution in [1.29, 1.82) is 0 Å². The van der Waals surface area contributed by atoms with Gasteiger partial charge in [0.25, 0.3) is 0 Å². The van der Waals surface area contributed by atoms with Crippen molar-refractivity contribution in [2.24, 2.45) is 0 Å². The molecule has 1 saturated heterocycles. The third-order valence-electron chi connectivity index (χ3n) is 4.82. The van der Waals surface area contributed by atoms with Crippen LogP contribution < -0.4 is 0 Å². The highest BCUT2D eigenvalue weighted by Gasteiger charge is 2.19. The van der Waals surface area contributed by atoms with Gasteiger partial charge in [-0.2, -0.15) is 0 Å². The van der Waals surface area contributed by atoms with Crippen LogP contribution in [0.2, 0.25) is 0 Å². The van der Waals surface area contributed by atoms with Gasteiger partial charge in [-0.15, -0.1) is 11.3 Å². The van der Waals surface area contributed by atoms with Crippen LogP contribution >= 0.6 is 11.3 Å². The van der Waals surface area contributed by atoms with Crippen molar-refractivity contribution in [2.45, 2.75) is 13.1 Å². The lowest BCUT2D eigenvalue weighted by Crippen LogP contribution is -2.45. The molecule has 3 aromatic rings. The number of phenolic OH excluding ortho intramolecular Hbond substituents is 1. The first-order valence-electron chi connectivity index (χ1n) is 8.46. The summed E-state index contributed by atoms with van der Waals surface area (Å²) in [5.41, 5.74) is 1.06. The minimum Gasteiger partial charge on any atom is -0.508 e. The zero-order chi connectivity index (χ0) is 16.4. The number of rotatable bonds is 4. The van der Waals surface area contributed by atoms with Gasteiger partial charge in [0, 0.05) is 49.7 Å². The van der Waals surface area contributed by atoms with E-state index in [1.165, 1.54) is 15.6 Å². The van der Waals surface area contributed by atoms with Crippen molar-refractivity contribution >= 4 is 22.1 Å². The molecule has 0 atom stereocenters. The van der Waals surface area contributed by atoms with Crippen LogP contribution in [0.15, 0.2) is 53.9 Å². The lowest BCUT2D eigenvalue weighted by Gasteiger charge is -2.34. The number of piperazine rings is 1. The standard InChI is InChI=1S/C20H22N2OS/c23-20-8-7-16-4-1-2-6-18(16)19(20)15-22-11-9-21(10-12-22)14-17-5-3-13-24-17/h1-8,13,23H,9-12,14-15H2. The Morgan fingerprint density at radius 1 is 0.833 bits per heavy atom. The van der Waals surface area contributed by atoms with Gasteiger partial charge < -0.3 is 5.11 Å². The van der Waals surface area contributed by atoms with E-state index in [4.69, 9.17) is 0 Å². The fraction of sp³-hybridized carbons (Fsp3) is 0.300. The van der Waals surface area contributed by atoms with E-state index in [0.717, 1.165) is 44.8 Å². The van der Waals surface area contributed by atoms with E-state index < -0.39 is 0 Å². The second-order valence-corrected chi connectivity index (χ2v) is 7.45. The predicted octanol–water partition coefficient (Wildman–Crippen LogP) is 3.92. The van der Waals surface area contributed by atoms with Crippen molar-refractivity contribution in [3.63, 3.8) is 0 Å². The highest BCUT2D eigenvalue weighted by Crippen LogP contribution is 2.28. The maximum atomic E-state index is 10.3. The van der Waals surface area contributed by atoms with E-state index in [2.05, 4.69) is 39.4 Å². The number of fused-ring (bicyclic) bond motifs is 1. The number of hydrogen-bond acceptors (Lipinski definition) is 4. The van der Waals surface area contributed by atoms with Crippen LogP contribution in [0.1, 0.15) is 10.4 Å². The summed E-state index contributed by atoms with van der Waals surface area (Å²) in [5.74, 6) is 0.412. The Kier molecular flexibility index (Phi) is 4.52. The monoisotopic (exact) mass is 338 g/mol. The number of phenols is 1. The lowest BCUT2D eigenvalue weighted by molar-refractivity contribution is 0.122. The van der Waals surface area contributed by atoms with E-state index in [1.807, 2.05) is 35.6 Å². The summed E-state index contributed by atoms with van der Waals surface area (Å²) in [6.07, 6.45) is 0. The smallest absolute Gasteiger partial charge is 0.120 e. The fourth-order valence-electron chi connectivity index (χ4n) is 3.44. The van der Waals surface area contributed by atoms with Crippen LogP contribution in [0.4, 0.5) is 0 Å². The Labute approximate surface area is 146 Å². The van der Waals surface area contributed by atoms with Crippen LogP contribution in [-0.4, -0.2) is 41.1 Å². The number of aromatic hydroxyl groups is 1. The zero-order valence-corrected chi connectivity index (χ0v) is 14.5. The van der Waals surface area contributed by atoms with E-state index in [0.29, 0.717) is 5.75 Å². The minimum absolute atomic E-state index is 0.412. The molecule has 4 rings (SSSR count). The SMILES string of the molecule is Oc1ccc2ccccc2c1CN1CCN(Cc2cccs2)CC1. The Morgan fingerprint density at radius 3 is 2.33 bits per heavy atom. The maximum absolute atomic E-state index is 10.3. The number of benzene rings is 2. The molecule has 24 heavy (non-hydrogen) atoms. The molecule has 1 aliphatic heterocycles. The largest absolute Gasteiger partial charge is 0.508 e. The summed E-state index contributed by atoms with van der Waals surface area (Å²) in [4.78, 5) is 6.41. The van der Waals surface area contributed by atoms with Crippen molar-refractivity contribution in [2.75, 3.05) is 26.2 Å². The van der Waals surface area contributed by atoms with E-state index in [1.54, 1.807) is 0 Å². The zero-order valence-electron chi connectivity index (χ0n) is 13.7. The van der Waals surface area contributed by atoms with Gasteiger partial charge in [-0.25, -0.2) is 0 Å². The summed E-state index contributed by atoms with van der Waals surface area (Å²) < 4.78 is 0. The molecule has 3 nitrogen and oxygen atoms in total. The molecule has 0 radical (unpaired) electrons. The number of thiophene rings is 1. The predicted molar refractivity (Wildman–Crippen MR) is 100 cm³/mol. The summed E-state index contributed by atoms with van der Waals surface area (Å²) in [7, 11) is 0. The second kappa shape index (κ2) is 6.93. The molecule has 0 aliphatic carbocycles. The molecular weight excluding hydrogens is 316 g/mol. The van der Waals surface area contributed by atoms with Crippen LogP contribution in [0, 0.1) is 0 Å². The van der Waals surface area contributed by atoms with Crippen LogP contribution in [0.25, 0.3) is 10.8 Å². The fourth-order valence-corrected chi connectivity index (χ4v) is 4.19. The highest BCUT2D eigenvalue weighted by atomic mass is 32.1. The second-order valence-electron chi connectivity index (χ2n) is 6.42. The topological polar surface area (TPSA) is 26.7 Å². The van der Waals surface area contributed by atoms with Gasteiger partial charge in [-0.3, -0.25) is 9.80 Å². The van der Waals surface area contributed by atoms with Crippen molar-refractivity contribution in [1.82, 2.24) is 9.80 Å². The van der Waals surface area contributed by atoms with Crippen molar-refractivity contribution < 1.29 is 5.11 Å². The molecule has 0 saturated carbocycles. The molecule has 2 heterocycles. The van der Waals surface area contributed by atoms with E-state index >= 15 is 0 Å². The lowest BCUT2D eigenvalue weighted by atomic mass is 10.0. The molecule has 0 amide bonds. The Balaban J connectivity index is 1.43. The van der Waals surface area contributed by atoms with Crippen LogP contribution in [0.5, 0.6) is 5.75 Å². The first kappa shape index (κ1) is 15.6. The van der Waals surface area contributed by atoms with Crippen LogP contribution in [-0.2, 0) is 13.1 Å². The first-order chi connectivity index (χ1) is 11.8. The molecule has 1 aliphatic rings. The Hall–Kier alpha value is -1.88. The molecular formula is C20H22N2OS. The molecule has 4 heteroatoms. The molecule has 2 aromatic carbocycles. The molecule has 0 spiro atoms. The minimum atomic E-state index is 0.412. The normalized spacial score (nSPS) is 16.7.